The molecule has 0 spiro atoms. The number of hydrogen-bond acceptors (Lipinski definition) is 9. The molecule has 2 heterocycles. The molecule has 210 valence electrons. The number of fused-ring (bicyclic) bond motifs is 1. The molecule has 2 aromatic heterocycles. The van der Waals surface area contributed by atoms with Crippen LogP contribution < -0.4 is 19.9 Å². The van der Waals surface area contributed by atoms with Gasteiger partial charge in [-0.1, -0.05) is 37.3 Å². The van der Waals surface area contributed by atoms with E-state index in [2.05, 4.69) is 9.97 Å². The smallest absolute Gasteiger partial charge is 0.280 e. The molecule has 0 saturated heterocycles. The van der Waals surface area contributed by atoms with Gasteiger partial charge in [-0.05, 0) is 43.5 Å². The summed E-state index contributed by atoms with van der Waals surface area (Å²) in [5.41, 5.74) is 7.56. The van der Waals surface area contributed by atoms with Gasteiger partial charge in [0, 0.05) is 11.9 Å². The second-order valence-electron chi connectivity index (χ2n) is 9.26. The second-order valence-corrected chi connectivity index (χ2v) is 9.77. The fourth-order valence-electron chi connectivity index (χ4n) is 4.24. The van der Waals surface area contributed by atoms with Crippen molar-refractivity contribution >= 4 is 51.4 Å². The largest absolute Gasteiger partial charge is 0.493 e. The zero-order chi connectivity index (χ0) is 28.6. The van der Waals surface area contributed by atoms with E-state index in [0.717, 1.165) is 12.1 Å². The van der Waals surface area contributed by atoms with Crippen LogP contribution in [0.1, 0.15) is 25.8 Å². The summed E-state index contributed by atoms with van der Waals surface area (Å²) in [6.07, 6.45) is 16.2. The minimum Gasteiger partial charge on any atom is -0.493 e. The SMILES string of the molecule is COc1cc(COc2nc(N)nc3c2ccn3C2=C/C=C\C=C/C=C\2)c([N+](=O)[O-])cc1OCC(C)CC(C)OI. The third kappa shape index (κ3) is 6.99. The van der Waals surface area contributed by atoms with Crippen molar-refractivity contribution in [1.82, 2.24) is 14.5 Å². The topological polar surface area (TPSA) is 137 Å². The first-order chi connectivity index (χ1) is 19.3. The van der Waals surface area contributed by atoms with Gasteiger partial charge in [-0.2, -0.15) is 9.97 Å². The summed E-state index contributed by atoms with van der Waals surface area (Å²) in [7, 11) is 1.48. The van der Waals surface area contributed by atoms with Crippen LogP contribution >= 0.6 is 23.0 Å². The number of ether oxygens (including phenoxy) is 3. The highest BCUT2D eigenvalue weighted by Crippen LogP contribution is 2.36. The van der Waals surface area contributed by atoms with Crippen molar-refractivity contribution < 1.29 is 22.2 Å². The van der Waals surface area contributed by atoms with Crippen LogP contribution in [0.3, 0.4) is 0 Å². The number of nitrogens with two attached hydrogens (primary N) is 1. The van der Waals surface area contributed by atoms with E-state index in [1.165, 1.54) is 13.2 Å². The molecule has 0 aliphatic heterocycles. The first-order valence-electron chi connectivity index (χ1n) is 12.6. The van der Waals surface area contributed by atoms with Gasteiger partial charge in [0.05, 0.1) is 41.8 Å². The monoisotopic (exact) mass is 659 g/mol. The van der Waals surface area contributed by atoms with E-state index in [9.17, 15) is 10.1 Å². The summed E-state index contributed by atoms with van der Waals surface area (Å²) in [4.78, 5) is 20.2. The third-order valence-electron chi connectivity index (χ3n) is 6.12. The van der Waals surface area contributed by atoms with Crippen LogP contribution in [0.4, 0.5) is 11.6 Å². The number of methoxy groups -OCH3 is 1. The Kier molecular flexibility index (Phi) is 9.77. The molecule has 3 aromatic rings. The van der Waals surface area contributed by atoms with Crippen LogP contribution in [0, 0.1) is 16.0 Å². The molecule has 0 saturated carbocycles. The van der Waals surface area contributed by atoms with Crippen molar-refractivity contribution in [1.29, 1.82) is 0 Å². The van der Waals surface area contributed by atoms with Gasteiger partial charge in [-0.15, -0.1) is 0 Å². The lowest BCUT2D eigenvalue weighted by atomic mass is 10.1. The lowest BCUT2D eigenvalue weighted by Crippen LogP contribution is -2.15. The van der Waals surface area contributed by atoms with Crippen LogP contribution in [0.2, 0.25) is 0 Å². The molecule has 0 bridgehead atoms. The van der Waals surface area contributed by atoms with E-state index in [1.54, 1.807) is 6.07 Å². The highest BCUT2D eigenvalue weighted by Gasteiger charge is 2.22. The molecule has 0 radical (unpaired) electrons. The van der Waals surface area contributed by atoms with Crippen molar-refractivity contribution in [2.45, 2.75) is 33.0 Å². The van der Waals surface area contributed by atoms with E-state index >= 15 is 0 Å². The molecule has 0 fully saturated rings. The van der Waals surface area contributed by atoms with E-state index in [1.807, 2.05) is 96.2 Å². The van der Waals surface area contributed by atoms with Crippen LogP contribution in [-0.2, 0) is 9.67 Å². The first-order valence-corrected chi connectivity index (χ1v) is 13.4. The summed E-state index contributed by atoms with van der Waals surface area (Å²) < 4.78 is 24.5. The first kappa shape index (κ1) is 29.1. The van der Waals surface area contributed by atoms with Gasteiger partial charge >= 0.3 is 0 Å². The summed E-state index contributed by atoms with van der Waals surface area (Å²) in [6.45, 7) is 4.19. The predicted molar refractivity (Wildman–Crippen MR) is 161 cm³/mol. The molecule has 4 rings (SSSR count). The minimum absolute atomic E-state index is 0.0144. The minimum atomic E-state index is -0.476. The Balaban J connectivity index is 1.59. The number of anilines is 1. The van der Waals surface area contributed by atoms with Gasteiger partial charge in [0.1, 0.15) is 29.6 Å². The fourth-order valence-corrected chi connectivity index (χ4v) is 4.44. The normalized spacial score (nSPS) is 18.1. The zero-order valence-corrected chi connectivity index (χ0v) is 24.5. The Morgan fingerprint density at radius 3 is 2.62 bits per heavy atom. The number of nitro benzene ring substituents is 1. The Bertz CT molecular complexity index is 1500. The molecule has 1 aliphatic rings. The molecular formula is C28H30IN5O6. The third-order valence-corrected chi connectivity index (χ3v) is 6.99. The number of allylic oxidation sites excluding steroid dienone is 8. The number of nitro groups is 1. The number of nitrogen functional groups attached to an aromatic ring is 1. The summed E-state index contributed by atoms with van der Waals surface area (Å²) in [5, 5.41) is 12.6. The van der Waals surface area contributed by atoms with Crippen molar-refractivity contribution in [2.24, 2.45) is 5.92 Å². The van der Waals surface area contributed by atoms with Crippen LogP contribution in [-0.4, -0.2) is 39.3 Å². The van der Waals surface area contributed by atoms with Crippen LogP contribution in [0.5, 0.6) is 17.4 Å². The Hall–Kier alpha value is -3.91. The Morgan fingerprint density at radius 2 is 1.88 bits per heavy atom. The number of hydrogen-bond donors (Lipinski definition) is 1. The molecule has 1 aromatic carbocycles. The van der Waals surface area contributed by atoms with Crippen molar-refractivity contribution in [3.05, 3.63) is 82.6 Å². The number of benzene rings is 1. The highest BCUT2D eigenvalue weighted by atomic mass is 127. The van der Waals surface area contributed by atoms with Gasteiger partial charge in [-0.3, -0.25) is 10.1 Å². The van der Waals surface area contributed by atoms with Crippen LogP contribution in [0.15, 0.2) is 66.9 Å². The average Bonchev–Trinajstić information content (AvgIpc) is 3.33. The average molecular weight is 659 g/mol. The maximum atomic E-state index is 12.0. The summed E-state index contributed by atoms with van der Waals surface area (Å²) in [6, 6.07) is 4.72. The Labute approximate surface area is 245 Å². The van der Waals surface area contributed by atoms with E-state index < -0.39 is 4.92 Å². The number of nitrogens with zero attached hydrogens (tertiary/aromatic N) is 4. The maximum Gasteiger partial charge on any atom is 0.280 e. The van der Waals surface area contributed by atoms with Crippen LogP contribution in [0.25, 0.3) is 16.7 Å². The van der Waals surface area contributed by atoms with Crippen molar-refractivity contribution in [3.8, 4) is 17.4 Å². The van der Waals surface area contributed by atoms with Crippen molar-refractivity contribution in [2.75, 3.05) is 19.5 Å². The number of rotatable bonds is 12. The Morgan fingerprint density at radius 1 is 1.10 bits per heavy atom. The molecule has 1 aliphatic carbocycles. The molecule has 40 heavy (non-hydrogen) atoms. The predicted octanol–water partition coefficient (Wildman–Crippen LogP) is 6.19. The highest BCUT2D eigenvalue weighted by molar-refractivity contribution is 14.1. The van der Waals surface area contributed by atoms with Gasteiger partial charge in [0.25, 0.3) is 5.69 Å². The summed E-state index contributed by atoms with van der Waals surface area (Å²) in [5.74, 6) is 1.03. The maximum absolute atomic E-state index is 12.0. The molecule has 12 heteroatoms. The second kappa shape index (κ2) is 13.4. The van der Waals surface area contributed by atoms with Gasteiger partial charge in [0.15, 0.2) is 17.1 Å². The zero-order valence-electron chi connectivity index (χ0n) is 22.3. The van der Waals surface area contributed by atoms with Gasteiger partial charge in [-0.25, -0.2) is 0 Å². The molecular weight excluding hydrogens is 629 g/mol. The molecule has 0 amide bonds. The quantitative estimate of drug-likeness (QED) is 0.137. The lowest BCUT2D eigenvalue weighted by Gasteiger charge is -2.18. The number of aromatic nitrogens is 3. The molecule has 2 atom stereocenters. The lowest BCUT2D eigenvalue weighted by molar-refractivity contribution is -0.385. The molecule has 2 N–H and O–H groups in total. The van der Waals surface area contributed by atoms with E-state index in [-0.39, 0.29) is 41.9 Å². The van der Waals surface area contributed by atoms with Gasteiger partial charge < -0.3 is 27.6 Å². The van der Waals surface area contributed by atoms with E-state index in [0.29, 0.717) is 29.0 Å². The molecule has 2 unspecified atom stereocenters. The summed E-state index contributed by atoms with van der Waals surface area (Å²) >= 11 is 1.87. The van der Waals surface area contributed by atoms with Crippen molar-refractivity contribution in [3.63, 3.8) is 0 Å². The fraction of sp³-hybridized carbons (Fsp3) is 0.286. The molecule has 11 nitrogen and oxygen atoms in total. The van der Waals surface area contributed by atoms with E-state index in [4.69, 9.17) is 23.0 Å². The number of halogens is 1. The van der Waals surface area contributed by atoms with Gasteiger partial charge in [0.2, 0.25) is 11.8 Å². The standard InChI is InChI=1S/C28H30IN5O6/c1-18(13-19(2)40-29)16-38-25-15-23(34(35)36)20(14-24(25)37-3)17-39-27-22-11-12-33(26(22)31-28(30)32-27)21-9-7-5-4-6-8-10-21/h4-12,14-15,18-19H,13,16-17H2,1-3H3,(H2,30,31,32)/b5-4-,6-4?,7-5?,8-6-,9-7-,10-8?,21-9?,21-10+.